The van der Waals surface area contributed by atoms with Crippen LogP contribution in [-0.4, -0.2) is 19.1 Å². The average Bonchev–Trinajstić information content (AvgIpc) is 2.79. The highest BCUT2D eigenvalue weighted by atomic mass is 16.5. The first kappa shape index (κ1) is 15.0. The fourth-order valence-electron chi connectivity index (χ4n) is 2.88. The molecule has 1 amide bonds. The average molecular weight is 276 g/mol. The summed E-state index contributed by atoms with van der Waals surface area (Å²) in [5.74, 6) is 0.0646. The molecule has 0 aromatic heterocycles. The molecule has 0 saturated heterocycles. The van der Waals surface area contributed by atoms with Crippen molar-refractivity contribution in [1.29, 1.82) is 0 Å². The Morgan fingerprint density at radius 2 is 2.15 bits per heavy atom. The summed E-state index contributed by atoms with van der Waals surface area (Å²) in [4.78, 5) is 12.4. The van der Waals surface area contributed by atoms with Crippen LogP contribution in [0.2, 0.25) is 0 Å². The van der Waals surface area contributed by atoms with Crippen molar-refractivity contribution in [2.75, 3.05) is 7.11 Å². The number of nitrogens with two attached hydrogens (primary N) is 1. The Kier molecular flexibility index (Phi) is 4.78. The van der Waals surface area contributed by atoms with E-state index in [1.807, 2.05) is 31.2 Å². The summed E-state index contributed by atoms with van der Waals surface area (Å²) in [6, 6.07) is 7.97. The lowest BCUT2D eigenvalue weighted by atomic mass is 9.84. The fourth-order valence-corrected chi connectivity index (χ4v) is 2.88. The summed E-state index contributed by atoms with van der Waals surface area (Å²) in [6.07, 6.45) is 2.84. The van der Waals surface area contributed by atoms with Crippen molar-refractivity contribution in [2.24, 2.45) is 11.1 Å². The van der Waals surface area contributed by atoms with Gasteiger partial charge in [-0.1, -0.05) is 30.7 Å². The van der Waals surface area contributed by atoms with Crippen molar-refractivity contribution in [2.45, 2.75) is 45.4 Å². The third kappa shape index (κ3) is 3.02. The molecule has 1 fully saturated rings. The zero-order valence-corrected chi connectivity index (χ0v) is 12.3. The number of hydrogen-bond acceptors (Lipinski definition) is 3. The van der Waals surface area contributed by atoms with E-state index in [-0.39, 0.29) is 11.9 Å². The summed E-state index contributed by atoms with van der Waals surface area (Å²) >= 11 is 0. The van der Waals surface area contributed by atoms with E-state index in [0.29, 0.717) is 13.2 Å². The van der Waals surface area contributed by atoms with Crippen molar-refractivity contribution in [1.82, 2.24) is 5.32 Å². The van der Waals surface area contributed by atoms with Gasteiger partial charge in [-0.05, 0) is 30.9 Å². The van der Waals surface area contributed by atoms with Gasteiger partial charge < -0.3 is 15.8 Å². The zero-order chi connectivity index (χ0) is 14.6. The maximum Gasteiger partial charge on any atom is 0.227 e. The molecule has 2 atom stereocenters. The second kappa shape index (κ2) is 6.37. The molecule has 0 heterocycles. The number of amides is 1. The molecule has 2 unspecified atom stereocenters. The summed E-state index contributed by atoms with van der Waals surface area (Å²) in [5.41, 5.74) is 7.86. The summed E-state index contributed by atoms with van der Waals surface area (Å²) in [7, 11) is 1.67. The molecule has 20 heavy (non-hydrogen) atoms. The second-order valence-corrected chi connectivity index (χ2v) is 5.80. The lowest BCUT2D eigenvalue weighted by molar-refractivity contribution is -0.130. The molecule has 1 saturated carbocycles. The molecule has 0 aliphatic heterocycles. The molecule has 0 spiro atoms. The molecular weight excluding hydrogens is 252 g/mol. The first-order valence-electron chi connectivity index (χ1n) is 7.17. The van der Waals surface area contributed by atoms with E-state index >= 15 is 0 Å². The number of hydrogen-bond donors (Lipinski definition) is 2. The Bertz CT molecular complexity index is 475. The third-order valence-corrected chi connectivity index (χ3v) is 4.41. The van der Waals surface area contributed by atoms with Gasteiger partial charge >= 0.3 is 0 Å². The van der Waals surface area contributed by atoms with Crippen molar-refractivity contribution >= 4 is 5.91 Å². The minimum Gasteiger partial charge on any atom is -0.380 e. The minimum absolute atomic E-state index is 0.0308. The molecule has 1 aliphatic carbocycles. The van der Waals surface area contributed by atoms with Crippen LogP contribution < -0.4 is 11.1 Å². The van der Waals surface area contributed by atoms with Crippen LogP contribution in [0.15, 0.2) is 24.3 Å². The van der Waals surface area contributed by atoms with E-state index in [9.17, 15) is 4.79 Å². The standard InChI is InChI=1S/C16H24N2O2/c1-16(9-5-8-14(16)17)15(19)18-10-12-6-3-4-7-13(12)11-20-2/h3-4,6-7,14H,5,8-11,17H2,1-2H3,(H,18,19). The number of rotatable bonds is 5. The molecule has 3 N–H and O–H groups in total. The summed E-state index contributed by atoms with van der Waals surface area (Å²) in [6.45, 7) is 3.06. The Balaban J connectivity index is 2.00. The molecule has 4 nitrogen and oxygen atoms in total. The monoisotopic (exact) mass is 276 g/mol. The van der Waals surface area contributed by atoms with E-state index in [2.05, 4.69) is 5.32 Å². The van der Waals surface area contributed by atoms with Crippen molar-refractivity contribution in [3.8, 4) is 0 Å². The zero-order valence-electron chi connectivity index (χ0n) is 12.3. The Labute approximate surface area is 120 Å². The van der Waals surface area contributed by atoms with Gasteiger partial charge in [0, 0.05) is 19.7 Å². The third-order valence-electron chi connectivity index (χ3n) is 4.41. The number of methoxy groups -OCH3 is 1. The maximum absolute atomic E-state index is 12.4. The van der Waals surface area contributed by atoms with Gasteiger partial charge in [0.25, 0.3) is 0 Å². The van der Waals surface area contributed by atoms with Gasteiger partial charge in [-0.3, -0.25) is 4.79 Å². The number of nitrogens with one attached hydrogen (secondary N) is 1. The number of benzene rings is 1. The van der Waals surface area contributed by atoms with E-state index in [0.717, 1.165) is 30.4 Å². The molecular formula is C16H24N2O2. The van der Waals surface area contributed by atoms with Crippen LogP contribution >= 0.6 is 0 Å². The van der Waals surface area contributed by atoms with Crippen molar-refractivity contribution in [3.05, 3.63) is 35.4 Å². The van der Waals surface area contributed by atoms with Gasteiger partial charge in [-0.25, -0.2) is 0 Å². The van der Waals surface area contributed by atoms with Crippen molar-refractivity contribution < 1.29 is 9.53 Å². The second-order valence-electron chi connectivity index (χ2n) is 5.80. The fraction of sp³-hybridized carbons (Fsp3) is 0.562. The highest BCUT2D eigenvalue weighted by molar-refractivity contribution is 5.83. The Morgan fingerprint density at radius 3 is 2.75 bits per heavy atom. The Morgan fingerprint density at radius 1 is 1.45 bits per heavy atom. The minimum atomic E-state index is -0.420. The molecule has 4 heteroatoms. The highest BCUT2D eigenvalue weighted by Crippen LogP contribution is 2.36. The number of carbonyl (C=O) groups is 1. The first-order valence-corrected chi connectivity index (χ1v) is 7.17. The first-order chi connectivity index (χ1) is 9.58. The summed E-state index contributed by atoms with van der Waals surface area (Å²) in [5, 5.41) is 3.04. The molecule has 0 radical (unpaired) electrons. The van der Waals surface area contributed by atoms with E-state index in [1.165, 1.54) is 0 Å². The van der Waals surface area contributed by atoms with Crippen LogP contribution in [0.4, 0.5) is 0 Å². The SMILES string of the molecule is COCc1ccccc1CNC(=O)C1(C)CCCC1N. The quantitative estimate of drug-likeness (QED) is 0.864. The van der Waals surface area contributed by atoms with Gasteiger partial charge in [-0.2, -0.15) is 0 Å². The number of ether oxygens (including phenoxy) is 1. The van der Waals surface area contributed by atoms with Crippen LogP contribution in [0.3, 0.4) is 0 Å². The molecule has 2 rings (SSSR count). The molecule has 1 aliphatic rings. The lowest BCUT2D eigenvalue weighted by Crippen LogP contribution is -2.47. The van der Waals surface area contributed by atoms with Gasteiger partial charge in [0.15, 0.2) is 0 Å². The van der Waals surface area contributed by atoms with E-state index < -0.39 is 5.41 Å². The van der Waals surface area contributed by atoms with Gasteiger partial charge in [-0.15, -0.1) is 0 Å². The molecule has 1 aromatic rings. The lowest BCUT2D eigenvalue weighted by Gasteiger charge is -2.27. The van der Waals surface area contributed by atoms with Crippen molar-refractivity contribution in [3.63, 3.8) is 0 Å². The normalized spacial score (nSPS) is 25.6. The molecule has 1 aromatic carbocycles. The molecule has 0 bridgehead atoms. The predicted octanol–water partition coefficient (Wildman–Crippen LogP) is 1.97. The van der Waals surface area contributed by atoms with Gasteiger partial charge in [0.05, 0.1) is 12.0 Å². The van der Waals surface area contributed by atoms with Crippen LogP contribution in [0.25, 0.3) is 0 Å². The summed E-state index contributed by atoms with van der Waals surface area (Å²) < 4.78 is 5.18. The highest BCUT2D eigenvalue weighted by Gasteiger charge is 2.42. The van der Waals surface area contributed by atoms with Crippen LogP contribution in [0, 0.1) is 5.41 Å². The van der Waals surface area contributed by atoms with Crippen LogP contribution in [0.5, 0.6) is 0 Å². The van der Waals surface area contributed by atoms with Gasteiger partial charge in [0.2, 0.25) is 5.91 Å². The largest absolute Gasteiger partial charge is 0.380 e. The van der Waals surface area contributed by atoms with Gasteiger partial charge in [0.1, 0.15) is 0 Å². The van der Waals surface area contributed by atoms with E-state index in [4.69, 9.17) is 10.5 Å². The van der Waals surface area contributed by atoms with Crippen LogP contribution in [-0.2, 0) is 22.7 Å². The maximum atomic E-state index is 12.4. The number of carbonyl (C=O) groups excluding carboxylic acids is 1. The molecule has 110 valence electrons. The van der Waals surface area contributed by atoms with E-state index in [1.54, 1.807) is 7.11 Å². The Hall–Kier alpha value is -1.39. The van der Waals surface area contributed by atoms with Crippen LogP contribution in [0.1, 0.15) is 37.3 Å². The smallest absolute Gasteiger partial charge is 0.227 e. The predicted molar refractivity (Wildman–Crippen MR) is 78.9 cm³/mol. The topological polar surface area (TPSA) is 64.3 Å².